The van der Waals surface area contributed by atoms with Gasteiger partial charge in [-0.05, 0) is 62.9 Å². The number of unbranched alkanes of at least 4 members (excludes halogenated alkanes) is 1. The fourth-order valence-corrected chi connectivity index (χ4v) is 10.4. The van der Waals surface area contributed by atoms with Gasteiger partial charge in [0, 0.05) is 54.2 Å². The van der Waals surface area contributed by atoms with Gasteiger partial charge in [0.15, 0.2) is 0 Å². The zero-order chi connectivity index (χ0) is 29.1. The standard InChI is InChI=1S/C31H39BrN4O4S/c1-3-35(4-2)22-14-12-21(13-15-22)34-29(39)27-31-18-23(32)26(41-31)24(25(31)30(40)36(27)16-8-9-17-37)28(38)33-19-20-10-6-5-7-11-20/h5-7,10-15,23-27,37H,3-4,8-9,16-19H2,1-2H3,(H,33,38)(H,34,39)/t23?,24-,25-,26-,27?,31?/m0/s1. The maximum absolute atomic E-state index is 14.1. The topological polar surface area (TPSA) is 102 Å². The van der Waals surface area contributed by atoms with Crippen molar-refractivity contribution >= 4 is 56.8 Å². The smallest absolute Gasteiger partial charge is 0.248 e. The number of amides is 3. The Morgan fingerprint density at radius 3 is 2.44 bits per heavy atom. The highest BCUT2D eigenvalue weighted by Crippen LogP contribution is 2.67. The average Bonchev–Trinajstić information content (AvgIpc) is 3.57. The van der Waals surface area contributed by atoms with Crippen LogP contribution in [0.25, 0.3) is 0 Å². The number of fused-ring (bicyclic) bond motifs is 1. The maximum atomic E-state index is 14.1. The SMILES string of the molecule is CCN(CC)c1ccc(NC(=O)C2N(CCCCO)C(=O)[C@@H]3[C@H](C(=O)NCc4ccccc4)[C@H]4SC23CC4Br)cc1. The van der Waals surface area contributed by atoms with Crippen molar-refractivity contribution in [1.82, 2.24) is 10.2 Å². The Balaban J connectivity index is 1.40. The van der Waals surface area contributed by atoms with E-state index in [1.807, 2.05) is 54.6 Å². The van der Waals surface area contributed by atoms with Crippen LogP contribution in [0.1, 0.15) is 38.7 Å². The van der Waals surface area contributed by atoms with Crippen molar-refractivity contribution in [2.75, 3.05) is 36.5 Å². The molecule has 3 heterocycles. The number of hydrogen-bond donors (Lipinski definition) is 3. The van der Waals surface area contributed by atoms with Gasteiger partial charge in [-0.3, -0.25) is 14.4 Å². The summed E-state index contributed by atoms with van der Waals surface area (Å²) in [5.41, 5.74) is 2.76. The fraction of sp³-hybridized carbons (Fsp3) is 0.516. The number of thioether (sulfide) groups is 1. The monoisotopic (exact) mass is 642 g/mol. The summed E-state index contributed by atoms with van der Waals surface area (Å²) in [5, 5.41) is 15.5. The van der Waals surface area contributed by atoms with Crippen molar-refractivity contribution in [2.24, 2.45) is 11.8 Å². The molecule has 3 fully saturated rings. The van der Waals surface area contributed by atoms with E-state index in [1.54, 1.807) is 16.7 Å². The molecule has 3 saturated heterocycles. The minimum Gasteiger partial charge on any atom is -0.396 e. The first kappa shape index (κ1) is 29.9. The van der Waals surface area contributed by atoms with Gasteiger partial charge in [0.1, 0.15) is 6.04 Å². The predicted molar refractivity (Wildman–Crippen MR) is 167 cm³/mol. The van der Waals surface area contributed by atoms with E-state index in [9.17, 15) is 19.5 Å². The van der Waals surface area contributed by atoms with Crippen LogP contribution in [0.15, 0.2) is 54.6 Å². The third-order valence-corrected chi connectivity index (χ3v) is 11.9. The van der Waals surface area contributed by atoms with Crippen molar-refractivity contribution in [1.29, 1.82) is 0 Å². The minimum atomic E-state index is -0.705. The molecule has 220 valence electrons. The molecule has 2 bridgehead atoms. The summed E-state index contributed by atoms with van der Waals surface area (Å²) < 4.78 is -0.699. The highest BCUT2D eigenvalue weighted by molar-refractivity contribution is 9.09. The van der Waals surface area contributed by atoms with E-state index in [2.05, 4.69) is 45.3 Å². The van der Waals surface area contributed by atoms with E-state index >= 15 is 0 Å². The van der Waals surface area contributed by atoms with Crippen molar-refractivity contribution in [3.63, 3.8) is 0 Å². The summed E-state index contributed by atoms with van der Waals surface area (Å²) in [7, 11) is 0. The number of nitrogens with zero attached hydrogens (tertiary/aromatic N) is 2. The number of carbonyl (C=O) groups excluding carboxylic acids is 3. The van der Waals surface area contributed by atoms with Gasteiger partial charge < -0.3 is 25.5 Å². The molecule has 0 saturated carbocycles. The quantitative estimate of drug-likeness (QED) is 0.239. The lowest BCUT2D eigenvalue weighted by Crippen LogP contribution is -2.53. The largest absolute Gasteiger partial charge is 0.396 e. The van der Waals surface area contributed by atoms with Crippen LogP contribution in [-0.4, -0.2) is 74.8 Å². The lowest BCUT2D eigenvalue weighted by molar-refractivity contribution is -0.139. The molecule has 10 heteroatoms. The number of nitrogens with one attached hydrogen (secondary N) is 2. The molecule has 3 aliphatic heterocycles. The normalized spacial score (nSPS) is 28.0. The van der Waals surface area contributed by atoms with Crippen LogP contribution in [0.4, 0.5) is 11.4 Å². The van der Waals surface area contributed by atoms with Crippen molar-refractivity contribution in [3.05, 3.63) is 60.2 Å². The first-order chi connectivity index (χ1) is 19.8. The summed E-state index contributed by atoms with van der Waals surface area (Å²) in [5.74, 6) is -1.59. The number of anilines is 2. The first-order valence-electron chi connectivity index (χ1n) is 14.5. The van der Waals surface area contributed by atoms with Gasteiger partial charge >= 0.3 is 0 Å². The molecular formula is C31H39BrN4O4S. The van der Waals surface area contributed by atoms with Crippen LogP contribution < -0.4 is 15.5 Å². The Hall–Kier alpha value is -2.56. The van der Waals surface area contributed by atoms with Gasteiger partial charge in [0.2, 0.25) is 17.7 Å². The highest BCUT2D eigenvalue weighted by Gasteiger charge is 2.75. The number of rotatable bonds is 12. The van der Waals surface area contributed by atoms with Crippen LogP contribution >= 0.6 is 27.7 Å². The number of hydrogen-bond acceptors (Lipinski definition) is 6. The van der Waals surface area contributed by atoms with Gasteiger partial charge in [-0.15, -0.1) is 11.8 Å². The Morgan fingerprint density at radius 1 is 1.07 bits per heavy atom. The Bertz CT molecular complexity index is 1240. The third-order valence-electron chi connectivity index (χ3n) is 8.72. The minimum absolute atomic E-state index is 0.0186. The van der Waals surface area contributed by atoms with E-state index in [0.717, 1.165) is 24.3 Å². The van der Waals surface area contributed by atoms with E-state index in [1.165, 1.54) is 0 Å². The van der Waals surface area contributed by atoms with Gasteiger partial charge in [0.25, 0.3) is 0 Å². The summed E-state index contributed by atoms with van der Waals surface area (Å²) in [6, 6.07) is 16.8. The number of carbonyl (C=O) groups is 3. The fourth-order valence-electron chi connectivity index (χ4n) is 6.82. The second kappa shape index (κ2) is 12.8. The van der Waals surface area contributed by atoms with Crippen molar-refractivity contribution in [2.45, 2.75) is 60.5 Å². The molecule has 1 spiro atoms. The molecule has 8 nitrogen and oxygen atoms in total. The zero-order valence-corrected chi connectivity index (χ0v) is 26.0. The molecule has 3 N–H and O–H groups in total. The van der Waals surface area contributed by atoms with E-state index < -0.39 is 22.6 Å². The van der Waals surface area contributed by atoms with Crippen molar-refractivity contribution < 1.29 is 19.5 Å². The van der Waals surface area contributed by atoms with Gasteiger partial charge in [0.05, 0.1) is 16.6 Å². The predicted octanol–water partition coefficient (Wildman–Crippen LogP) is 4.02. The molecule has 6 atom stereocenters. The molecule has 41 heavy (non-hydrogen) atoms. The van der Waals surface area contributed by atoms with Crippen LogP contribution in [0, 0.1) is 11.8 Å². The Kier molecular flexibility index (Phi) is 9.30. The third kappa shape index (κ3) is 5.62. The summed E-state index contributed by atoms with van der Waals surface area (Å²) in [4.78, 5) is 45.7. The van der Waals surface area contributed by atoms with Gasteiger partial charge in [-0.2, -0.15) is 0 Å². The number of aliphatic hydroxyl groups is 1. The second-order valence-corrected chi connectivity index (χ2v) is 13.8. The van der Waals surface area contributed by atoms with Crippen LogP contribution in [0.3, 0.4) is 0 Å². The molecule has 3 amide bonds. The molecule has 0 radical (unpaired) electrons. The average molecular weight is 644 g/mol. The zero-order valence-electron chi connectivity index (χ0n) is 23.6. The lowest BCUT2D eigenvalue weighted by atomic mass is 9.70. The van der Waals surface area contributed by atoms with Gasteiger partial charge in [-0.1, -0.05) is 46.3 Å². The molecule has 2 aromatic rings. The highest BCUT2D eigenvalue weighted by atomic mass is 79.9. The molecule has 0 aromatic heterocycles. The summed E-state index contributed by atoms with van der Waals surface area (Å²) in [6.07, 6.45) is 1.77. The summed E-state index contributed by atoms with van der Waals surface area (Å²) in [6.45, 7) is 6.79. The molecular weight excluding hydrogens is 604 g/mol. The number of likely N-dealkylation sites (tertiary alicyclic amines) is 1. The second-order valence-electron chi connectivity index (χ2n) is 11.0. The summed E-state index contributed by atoms with van der Waals surface area (Å²) >= 11 is 5.45. The molecule has 0 aliphatic carbocycles. The van der Waals surface area contributed by atoms with Gasteiger partial charge in [-0.25, -0.2) is 0 Å². The number of alkyl halides is 1. The lowest BCUT2D eigenvalue weighted by Gasteiger charge is -2.35. The van der Waals surface area contributed by atoms with Crippen molar-refractivity contribution in [3.8, 4) is 0 Å². The number of halogens is 1. The van der Waals surface area contributed by atoms with E-state index in [-0.39, 0.29) is 34.4 Å². The van der Waals surface area contributed by atoms with E-state index in [4.69, 9.17) is 0 Å². The van der Waals surface area contributed by atoms with Crippen LogP contribution in [0.2, 0.25) is 0 Å². The van der Waals surface area contributed by atoms with Crippen LogP contribution in [-0.2, 0) is 20.9 Å². The molecule has 2 aromatic carbocycles. The molecule has 3 unspecified atom stereocenters. The Labute approximate surface area is 254 Å². The first-order valence-corrected chi connectivity index (χ1v) is 16.3. The number of aliphatic hydroxyl groups excluding tert-OH is 1. The maximum Gasteiger partial charge on any atom is 0.248 e. The molecule has 3 aliphatic rings. The number of benzene rings is 2. The molecule has 5 rings (SSSR count). The van der Waals surface area contributed by atoms with E-state index in [0.29, 0.717) is 38.0 Å². The Morgan fingerprint density at radius 2 is 1.78 bits per heavy atom. The van der Waals surface area contributed by atoms with Crippen LogP contribution in [0.5, 0.6) is 0 Å².